The second-order valence-corrected chi connectivity index (χ2v) is 3.70. The SMILES string of the molecule is Cc1ccn2c(Br)nc(Cl)c2c1. The van der Waals surface area contributed by atoms with Gasteiger partial charge in [-0.2, -0.15) is 0 Å². The van der Waals surface area contributed by atoms with E-state index in [1.807, 2.05) is 29.7 Å². The number of hydrogen-bond acceptors (Lipinski definition) is 1. The molecule has 0 fully saturated rings. The lowest BCUT2D eigenvalue weighted by Gasteiger charge is -1.95. The first kappa shape index (κ1) is 8.08. The molecule has 0 saturated heterocycles. The quantitative estimate of drug-likeness (QED) is 0.697. The summed E-state index contributed by atoms with van der Waals surface area (Å²) < 4.78 is 2.64. The normalized spacial score (nSPS) is 10.9. The molecule has 0 aliphatic carbocycles. The van der Waals surface area contributed by atoms with Crippen molar-refractivity contribution in [2.45, 2.75) is 6.92 Å². The minimum absolute atomic E-state index is 0.533. The molecule has 0 aliphatic rings. The predicted octanol–water partition coefficient (Wildman–Crippen LogP) is 3.06. The summed E-state index contributed by atoms with van der Waals surface area (Å²) >= 11 is 9.20. The molecule has 0 radical (unpaired) electrons. The van der Waals surface area contributed by atoms with Crippen molar-refractivity contribution in [2.24, 2.45) is 0 Å². The van der Waals surface area contributed by atoms with Gasteiger partial charge in [0.25, 0.3) is 0 Å². The van der Waals surface area contributed by atoms with Gasteiger partial charge in [-0.25, -0.2) is 4.98 Å². The van der Waals surface area contributed by atoms with E-state index in [4.69, 9.17) is 11.6 Å². The molecule has 4 heteroatoms. The minimum atomic E-state index is 0.533. The smallest absolute Gasteiger partial charge is 0.183 e. The van der Waals surface area contributed by atoms with Crippen LogP contribution in [-0.2, 0) is 0 Å². The summed E-state index contributed by atoms with van der Waals surface area (Å²) in [5, 5.41) is 0.533. The first-order chi connectivity index (χ1) is 5.68. The number of pyridine rings is 1. The number of fused-ring (bicyclic) bond motifs is 1. The van der Waals surface area contributed by atoms with Crippen molar-refractivity contribution in [3.05, 3.63) is 33.8 Å². The van der Waals surface area contributed by atoms with E-state index in [1.165, 1.54) is 5.56 Å². The fourth-order valence-corrected chi connectivity index (χ4v) is 1.93. The Labute approximate surface area is 83.3 Å². The van der Waals surface area contributed by atoms with Gasteiger partial charge in [0.2, 0.25) is 0 Å². The third-order valence-corrected chi connectivity index (χ3v) is 2.55. The maximum absolute atomic E-state index is 5.89. The lowest BCUT2D eigenvalue weighted by atomic mass is 10.3. The van der Waals surface area contributed by atoms with Gasteiger partial charge in [-0.3, -0.25) is 4.40 Å². The zero-order valence-electron chi connectivity index (χ0n) is 6.38. The van der Waals surface area contributed by atoms with Crippen LogP contribution in [0.3, 0.4) is 0 Å². The van der Waals surface area contributed by atoms with Gasteiger partial charge in [-0.15, -0.1) is 0 Å². The van der Waals surface area contributed by atoms with Gasteiger partial charge in [-0.05, 0) is 40.5 Å². The van der Waals surface area contributed by atoms with E-state index in [1.54, 1.807) is 0 Å². The Morgan fingerprint density at radius 3 is 3.08 bits per heavy atom. The van der Waals surface area contributed by atoms with Gasteiger partial charge >= 0.3 is 0 Å². The molecule has 0 unspecified atom stereocenters. The van der Waals surface area contributed by atoms with Crippen molar-refractivity contribution >= 4 is 33.0 Å². The van der Waals surface area contributed by atoms with Crippen molar-refractivity contribution in [1.82, 2.24) is 9.38 Å². The van der Waals surface area contributed by atoms with Crippen molar-refractivity contribution < 1.29 is 0 Å². The van der Waals surface area contributed by atoms with Crippen LogP contribution < -0.4 is 0 Å². The minimum Gasteiger partial charge on any atom is -0.293 e. The third kappa shape index (κ3) is 1.13. The Kier molecular flexibility index (Phi) is 1.85. The van der Waals surface area contributed by atoms with Crippen LogP contribution >= 0.6 is 27.5 Å². The molecule has 0 spiro atoms. The Balaban J connectivity index is 2.90. The van der Waals surface area contributed by atoms with Crippen LogP contribution in [0.2, 0.25) is 5.15 Å². The van der Waals surface area contributed by atoms with Crippen LogP contribution in [0, 0.1) is 6.92 Å². The van der Waals surface area contributed by atoms with Gasteiger partial charge in [0.1, 0.15) is 0 Å². The fraction of sp³-hybridized carbons (Fsp3) is 0.125. The molecule has 2 aromatic rings. The first-order valence-electron chi connectivity index (χ1n) is 3.48. The molecule has 2 nitrogen and oxygen atoms in total. The van der Waals surface area contributed by atoms with Gasteiger partial charge in [0.15, 0.2) is 9.89 Å². The molecule has 0 amide bonds. The molecular weight excluding hydrogens is 239 g/mol. The van der Waals surface area contributed by atoms with E-state index in [-0.39, 0.29) is 0 Å². The first-order valence-corrected chi connectivity index (χ1v) is 4.65. The molecule has 0 bridgehead atoms. The molecule has 0 saturated carbocycles. The monoisotopic (exact) mass is 244 g/mol. The van der Waals surface area contributed by atoms with Crippen molar-refractivity contribution in [1.29, 1.82) is 0 Å². The Morgan fingerprint density at radius 1 is 1.58 bits per heavy atom. The van der Waals surface area contributed by atoms with Crippen LogP contribution in [-0.4, -0.2) is 9.38 Å². The van der Waals surface area contributed by atoms with Crippen LogP contribution in [0.1, 0.15) is 5.56 Å². The van der Waals surface area contributed by atoms with Crippen molar-refractivity contribution in [3.8, 4) is 0 Å². The third-order valence-electron chi connectivity index (χ3n) is 1.71. The number of rotatable bonds is 0. The molecule has 0 atom stereocenters. The maximum Gasteiger partial charge on any atom is 0.183 e. The van der Waals surface area contributed by atoms with Crippen LogP contribution in [0.15, 0.2) is 23.1 Å². The van der Waals surface area contributed by atoms with E-state index in [9.17, 15) is 0 Å². The lowest BCUT2D eigenvalue weighted by molar-refractivity contribution is 1.09. The molecule has 0 N–H and O–H groups in total. The molecule has 2 aromatic heterocycles. The highest BCUT2D eigenvalue weighted by Gasteiger charge is 2.05. The number of aromatic nitrogens is 2. The van der Waals surface area contributed by atoms with Gasteiger partial charge in [-0.1, -0.05) is 11.6 Å². The van der Waals surface area contributed by atoms with E-state index in [0.717, 1.165) is 10.3 Å². The number of aryl methyl sites for hydroxylation is 1. The Hall–Kier alpha value is -0.540. The van der Waals surface area contributed by atoms with E-state index in [0.29, 0.717) is 5.15 Å². The topological polar surface area (TPSA) is 17.3 Å². The van der Waals surface area contributed by atoms with Gasteiger partial charge in [0.05, 0.1) is 5.52 Å². The Morgan fingerprint density at radius 2 is 2.33 bits per heavy atom. The summed E-state index contributed by atoms with van der Waals surface area (Å²) in [6.07, 6.45) is 1.94. The highest BCUT2D eigenvalue weighted by molar-refractivity contribution is 9.10. The molecule has 0 aliphatic heterocycles. The summed E-state index contributed by atoms with van der Waals surface area (Å²) in [5.41, 5.74) is 2.11. The highest BCUT2D eigenvalue weighted by Crippen LogP contribution is 2.22. The predicted molar refractivity (Wildman–Crippen MR) is 52.6 cm³/mol. The second-order valence-electron chi connectivity index (χ2n) is 2.63. The summed E-state index contributed by atoms with van der Waals surface area (Å²) in [4.78, 5) is 4.08. The number of nitrogens with zero attached hydrogens (tertiary/aromatic N) is 2. The van der Waals surface area contributed by atoms with Crippen LogP contribution in [0.25, 0.3) is 5.52 Å². The maximum atomic E-state index is 5.89. The van der Waals surface area contributed by atoms with E-state index >= 15 is 0 Å². The van der Waals surface area contributed by atoms with Crippen molar-refractivity contribution in [3.63, 3.8) is 0 Å². The van der Waals surface area contributed by atoms with Crippen LogP contribution in [0.4, 0.5) is 0 Å². The average Bonchev–Trinajstić information content (AvgIpc) is 2.28. The molecule has 0 aromatic carbocycles. The molecule has 2 rings (SSSR count). The molecule has 12 heavy (non-hydrogen) atoms. The number of imidazole rings is 1. The van der Waals surface area contributed by atoms with Gasteiger partial charge in [0, 0.05) is 6.20 Å². The summed E-state index contributed by atoms with van der Waals surface area (Å²) in [6.45, 7) is 2.03. The summed E-state index contributed by atoms with van der Waals surface area (Å²) in [5.74, 6) is 0. The zero-order valence-corrected chi connectivity index (χ0v) is 8.72. The highest BCUT2D eigenvalue weighted by atomic mass is 79.9. The van der Waals surface area contributed by atoms with E-state index < -0.39 is 0 Å². The zero-order chi connectivity index (χ0) is 8.72. The molecular formula is C8H6BrClN2. The lowest BCUT2D eigenvalue weighted by Crippen LogP contribution is -1.83. The molecule has 62 valence electrons. The second kappa shape index (κ2) is 2.75. The van der Waals surface area contributed by atoms with Crippen molar-refractivity contribution in [2.75, 3.05) is 0 Å². The van der Waals surface area contributed by atoms with Gasteiger partial charge < -0.3 is 0 Å². The summed E-state index contributed by atoms with van der Waals surface area (Å²) in [7, 11) is 0. The number of hydrogen-bond donors (Lipinski definition) is 0. The largest absolute Gasteiger partial charge is 0.293 e. The van der Waals surface area contributed by atoms with Crippen LogP contribution in [0.5, 0.6) is 0 Å². The average molecular weight is 246 g/mol. The Bertz CT molecular complexity index is 436. The number of halogens is 2. The standard InChI is InChI=1S/C8H6BrClN2/c1-5-2-3-12-6(4-5)7(10)11-8(12)9/h2-4H,1H3. The summed E-state index contributed by atoms with van der Waals surface area (Å²) in [6, 6.07) is 4.01. The molecule has 2 heterocycles. The fourth-order valence-electron chi connectivity index (χ4n) is 1.12. The van der Waals surface area contributed by atoms with E-state index in [2.05, 4.69) is 20.9 Å².